The zero-order valence-electron chi connectivity index (χ0n) is 8.85. The van der Waals surface area contributed by atoms with Crippen LogP contribution in [0.1, 0.15) is 25.7 Å². The highest BCUT2D eigenvalue weighted by Gasteiger charge is 2.18. The first-order valence-electron chi connectivity index (χ1n) is 5.45. The Bertz CT molecular complexity index is 374. The molecule has 1 fully saturated rings. The van der Waals surface area contributed by atoms with Crippen LogP contribution in [0.4, 0.5) is 19.0 Å². The van der Waals surface area contributed by atoms with Crippen LogP contribution in [0.5, 0.6) is 0 Å². The molecular formula is C11H13F3N2. The Morgan fingerprint density at radius 2 is 1.56 bits per heavy atom. The number of aromatic nitrogens is 1. The SMILES string of the molecule is Fc1cc(F)c(N2CCCCCC2)nc1F. The van der Waals surface area contributed by atoms with Crippen LogP contribution in [0.15, 0.2) is 6.07 Å². The molecule has 0 amide bonds. The van der Waals surface area contributed by atoms with Gasteiger partial charge >= 0.3 is 0 Å². The van der Waals surface area contributed by atoms with Crippen LogP contribution in [0.2, 0.25) is 0 Å². The van der Waals surface area contributed by atoms with Gasteiger partial charge in [0.1, 0.15) is 0 Å². The van der Waals surface area contributed by atoms with Crippen LogP contribution < -0.4 is 4.90 Å². The van der Waals surface area contributed by atoms with E-state index in [1.54, 1.807) is 4.90 Å². The van der Waals surface area contributed by atoms with Gasteiger partial charge < -0.3 is 4.90 Å². The third kappa shape index (κ3) is 2.28. The molecule has 0 N–H and O–H groups in total. The monoisotopic (exact) mass is 230 g/mol. The van der Waals surface area contributed by atoms with Crippen molar-refractivity contribution in [3.63, 3.8) is 0 Å². The Balaban J connectivity index is 2.27. The normalized spacial score (nSPS) is 17.3. The molecule has 0 aromatic carbocycles. The van der Waals surface area contributed by atoms with Gasteiger partial charge in [-0.1, -0.05) is 12.8 Å². The van der Waals surface area contributed by atoms with E-state index in [-0.39, 0.29) is 5.82 Å². The second-order valence-electron chi connectivity index (χ2n) is 3.97. The Kier molecular flexibility index (Phi) is 3.31. The summed E-state index contributed by atoms with van der Waals surface area (Å²) in [5.74, 6) is -3.33. The molecule has 16 heavy (non-hydrogen) atoms. The molecule has 1 aromatic rings. The Morgan fingerprint density at radius 1 is 0.938 bits per heavy atom. The van der Waals surface area contributed by atoms with E-state index in [9.17, 15) is 13.2 Å². The van der Waals surface area contributed by atoms with Gasteiger partial charge in [0.05, 0.1) is 0 Å². The fourth-order valence-electron chi connectivity index (χ4n) is 1.94. The Morgan fingerprint density at radius 3 is 2.19 bits per heavy atom. The van der Waals surface area contributed by atoms with E-state index in [0.29, 0.717) is 19.2 Å². The van der Waals surface area contributed by atoms with Crippen molar-refractivity contribution in [3.05, 3.63) is 23.6 Å². The van der Waals surface area contributed by atoms with Crippen LogP contribution in [0.25, 0.3) is 0 Å². The molecule has 2 rings (SSSR count). The van der Waals surface area contributed by atoms with Crippen LogP contribution >= 0.6 is 0 Å². The minimum atomic E-state index is -1.24. The van der Waals surface area contributed by atoms with Crippen molar-refractivity contribution >= 4 is 5.82 Å². The lowest BCUT2D eigenvalue weighted by atomic mass is 10.2. The third-order valence-corrected chi connectivity index (χ3v) is 2.77. The number of nitrogens with zero attached hydrogens (tertiary/aromatic N) is 2. The lowest BCUT2D eigenvalue weighted by Crippen LogP contribution is -2.26. The summed E-state index contributed by atoms with van der Waals surface area (Å²) in [4.78, 5) is 5.03. The van der Waals surface area contributed by atoms with Crippen molar-refractivity contribution in [1.82, 2.24) is 4.98 Å². The summed E-state index contributed by atoms with van der Waals surface area (Å²) in [6.07, 6.45) is 4.03. The molecule has 0 saturated carbocycles. The van der Waals surface area contributed by atoms with Crippen LogP contribution in [0, 0.1) is 17.6 Å². The first-order valence-corrected chi connectivity index (χ1v) is 5.45. The van der Waals surface area contributed by atoms with Crippen molar-refractivity contribution in [2.75, 3.05) is 18.0 Å². The maximum atomic E-state index is 13.4. The van der Waals surface area contributed by atoms with Gasteiger partial charge in [-0.3, -0.25) is 0 Å². The zero-order valence-corrected chi connectivity index (χ0v) is 8.85. The molecule has 2 heterocycles. The topological polar surface area (TPSA) is 16.1 Å². The first kappa shape index (κ1) is 11.2. The molecule has 0 atom stereocenters. The van der Waals surface area contributed by atoms with E-state index < -0.39 is 17.6 Å². The predicted octanol–water partition coefficient (Wildman–Crippen LogP) is 2.88. The number of halogens is 3. The largest absolute Gasteiger partial charge is 0.354 e. The number of pyridine rings is 1. The maximum absolute atomic E-state index is 13.4. The van der Waals surface area contributed by atoms with Crippen molar-refractivity contribution in [1.29, 1.82) is 0 Å². The van der Waals surface area contributed by atoms with E-state index in [0.717, 1.165) is 25.7 Å². The van der Waals surface area contributed by atoms with E-state index in [1.807, 2.05) is 0 Å². The number of rotatable bonds is 1. The second-order valence-corrected chi connectivity index (χ2v) is 3.97. The molecule has 1 saturated heterocycles. The van der Waals surface area contributed by atoms with Crippen LogP contribution in [0.3, 0.4) is 0 Å². The van der Waals surface area contributed by atoms with Crippen molar-refractivity contribution in [2.24, 2.45) is 0 Å². The molecule has 2 nitrogen and oxygen atoms in total. The van der Waals surface area contributed by atoms with Crippen molar-refractivity contribution in [3.8, 4) is 0 Å². The average Bonchev–Trinajstić information content (AvgIpc) is 2.52. The number of hydrogen-bond donors (Lipinski definition) is 0. The molecule has 88 valence electrons. The molecule has 0 spiro atoms. The van der Waals surface area contributed by atoms with E-state index in [2.05, 4.69) is 4.98 Å². The average molecular weight is 230 g/mol. The minimum Gasteiger partial charge on any atom is -0.354 e. The van der Waals surface area contributed by atoms with Gasteiger partial charge in [-0.25, -0.2) is 8.78 Å². The van der Waals surface area contributed by atoms with Gasteiger partial charge in [-0.2, -0.15) is 9.37 Å². The zero-order chi connectivity index (χ0) is 11.5. The van der Waals surface area contributed by atoms with Gasteiger partial charge in [0.15, 0.2) is 17.5 Å². The van der Waals surface area contributed by atoms with Gasteiger partial charge in [0.2, 0.25) is 0 Å². The molecule has 1 aliphatic rings. The Hall–Kier alpha value is -1.26. The summed E-state index contributed by atoms with van der Waals surface area (Å²) >= 11 is 0. The lowest BCUT2D eigenvalue weighted by molar-refractivity contribution is 0.462. The predicted molar refractivity (Wildman–Crippen MR) is 54.8 cm³/mol. The summed E-state index contributed by atoms with van der Waals surface area (Å²) in [5, 5.41) is 0. The minimum absolute atomic E-state index is 0.0687. The van der Waals surface area contributed by atoms with Crippen molar-refractivity contribution < 1.29 is 13.2 Å². The number of anilines is 1. The van der Waals surface area contributed by atoms with E-state index in [4.69, 9.17) is 0 Å². The van der Waals surface area contributed by atoms with Gasteiger partial charge in [0.25, 0.3) is 5.95 Å². The van der Waals surface area contributed by atoms with Gasteiger partial charge in [-0.15, -0.1) is 0 Å². The smallest absolute Gasteiger partial charge is 0.251 e. The maximum Gasteiger partial charge on any atom is 0.251 e. The number of hydrogen-bond acceptors (Lipinski definition) is 2. The summed E-state index contributed by atoms with van der Waals surface area (Å²) in [5.41, 5.74) is 0. The third-order valence-electron chi connectivity index (χ3n) is 2.77. The summed E-state index contributed by atoms with van der Waals surface area (Å²) in [7, 11) is 0. The highest BCUT2D eigenvalue weighted by atomic mass is 19.2. The molecule has 0 radical (unpaired) electrons. The fourth-order valence-corrected chi connectivity index (χ4v) is 1.94. The highest BCUT2D eigenvalue weighted by Crippen LogP contribution is 2.22. The van der Waals surface area contributed by atoms with E-state index in [1.165, 1.54) is 0 Å². The van der Waals surface area contributed by atoms with Crippen molar-refractivity contribution in [2.45, 2.75) is 25.7 Å². The Labute approximate surface area is 92.1 Å². The van der Waals surface area contributed by atoms with Gasteiger partial charge in [0, 0.05) is 19.2 Å². The lowest BCUT2D eigenvalue weighted by Gasteiger charge is -2.21. The molecular weight excluding hydrogens is 217 g/mol. The molecule has 0 unspecified atom stereocenters. The van der Waals surface area contributed by atoms with Crippen LogP contribution in [-0.4, -0.2) is 18.1 Å². The summed E-state index contributed by atoms with van der Waals surface area (Å²) in [6, 6.07) is 0.558. The molecule has 0 bridgehead atoms. The molecule has 1 aliphatic heterocycles. The van der Waals surface area contributed by atoms with Gasteiger partial charge in [-0.05, 0) is 12.8 Å². The molecule has 1 aromatic heterocycles. The quantitative estimate of drug-likeness (QED) is 0.689. The standard InChI is InChI=1S/C11H13F3N2/c12-8-7-9(13)11(15-10(8)14)16-5-3-1-2-4-6-16/h7H,1-6H2. The van der Waals surface area contributed by atoms with Crippen LogP contribution in [-0.2, 0) is 0 Å². The second kappa shape index (κ2) is 4.72. The molecule has 0 aliphatic carbocycles. The van der Waals surface area contributed by atoms with E-state index >= 15 is 0 Å². The molecule has 5 heteroatoms. The summed E-state index contributed by atoms with van der Waals surface area (Å²) < 4.78 is 39.1. The fraction of sp³-hybridized carbons (Fsp3) is 0.545. The first-order chi connectivity index (χ1) is 7.68. The highest BCUT2D eigenvalue weighted by molar-refractivity contribution is 5.40. The summed E-state index contributed by atoms with van der Waals surface area (Å²) in [6.45, 7) is 1.30.